The van der Waals surface area contributed by atoms with Gasteiger partial charge < -0.3 is 24.8 Å². The molecule has 0 bridgehead atoms. The van der Waals surface area contributed by atoms with Gasteiger partial charge in [0.1, 0.15) is 0 Å². The maximum atomic E-state index is 2.73. The average Bonchev–Trinajstić information content (AvgIpc) is 3.81. The summed E-state index contributed by atoms with van der Waals surface area (Å²) in [5.74, 6) is 1.08. The molecule has 6 rings (SSSR count). The van der Waals surface area contributed by atoms with Gasteiger partial charge in [-0.2, -0.15) is 0 Å². The number of rotatable bonds is 18. The third-order valence-electron chi connectivity index (χ3n) is 12.0. The van der Waals surface area contributed by atoms with Crippen LogP contribution < -0.4 is 28.1 Å². The Balaban J connectivity index is 0.00000325. The summed E-state index contributed by atoms with van der Waals surface area (Å²) in [6.07, 6.45) is 24.7. The molecule has 0 heterocycles. The summed E-state index contributed by atoms with van der Waals surface area (Å²) in [6, 6.07) is 30.6. The Morgan fingerprint density at radius 3 is 1.74 bits per heavy atom. The average molecular weight is 839 g/mol. The molecule has 2 atom stereocenters. The van der Waals surface area contributed by atoms with Crippen molar-refractivity contribution in [2.24, 2.45) is 0 Å². The zero-order valence-electron chi connectivity index (χ0n) is 34.0. The minimum absolute atomic E-state index is 0. The molecule has 0 saturated carbocycles. The molecule has 0 spiro atoms. The summed E-state index contributed by atoms with van der Waals surface area (Å²) in [6.45, 7) is 14.5. The van der Waals surface area contributed by atoms with Gasteiger partial charge in [-0.3, -0.25) is 0 Å². The Morgan fingerprint density at radius 2 is 1.22 bits per heavy atom. The molecule has 54 heavy (non-hydrogen) atoms. The van der Waals surface area contributed by atoms with Crippen LogP contribution in [0.5, 0.6) is 0 Å². The van der Waals surface area contributed by atoms with Crippen LogP contribution in [-0.4, -0.2) is 3.21 Å². The van der Waals surface area contributed by atoms with Crippen molar-refractivity contribution >= 4 is 6.48 Å². The number of allylic oxidation sites excluding steroid dienone is 4. The summed E-state index contributed by atoms with van der Waals surface area (Å²) in [4.78, 5) is 0. The number of aryl methyl sites for hydroxylation is 1. The molecule has 0 amide bonds. The Hall–Kier alpha value is -2.31. The van der Waals surface area contributed by atoms with Gasteiger partial charge in [0.25, 0.3) is 0 Å². The minimum atomic E-state index is -2.43. The second kappa shape index (κ2) is 21.8. The number of benzene rings is 4. The van der Waals surface area contributed by atoms with Crippen molar-refractivity contribution in [3.05, 3.63) is 145 Å². The molecule has 0 aromatic heterocycles. The molecule has 2 unspecified atom stereocenters. The molecule has 4 aromatic rings. The molecule has 0 fully saturated rings. The number of hydrogen-bond acceptors (Lipinski definition) is 0. The van der Waals surface area contributed by atoms with Crippen LogP contribution in [0.2, 0.25) is 0 Å². The first-order valence-corrected chi connectivity index (χ1v) is 24.6. The van der Waals surface area contributed by atoms with E-state index < -0.39 is 21.3 Å². The van der Waals surface area contributed by atoms with Crippen LogP contribution in [0.3, 0.4) is 0 Å². The Bertz CT molecular complexity index is 1890. The quantitative estimate of drug-likeness (QED) is 0.0847. The van der Waals surface area contributed by atoms with Gasteiger partial charge in [0.2, 0.25) is 0 Å². The first kappa shape index (κ1) is 44.4. The van der Waals surface area contributed by atoms with Gasteiger partial charge in [-0.05, 0) is 0 Å². The van der Waals surface area contributed by atoms with E-state index in [-0.39, 0.29) is 24.8 Å². The van der Waals surface area contributed by atoms with Crippen LogP contribution in [0.4, 0.5) is 0 Å². The first-order chi connectivity index (χ1) is 25.5. The molecule has 0 N–H and O–H groups in total. The summed E-state index contributed by atoms with van der Waals surface area (Å²) in [7, 11) is 0. The zero-order valence-corrected chi connectivity index (χ0v) is 38.0. The van der Waals surface area contributed by atoms with Crippen molar-refractivity contribution in [3.63, 3.8) is 0 Å². The van der Waals surface area contributed by atoms with Gasteiger partial charge >= 0.3 is 327 Å². The van der Waals surface area contributed by atoms with Crippen molar-refractivity contribution in [1.82, 2.24) is 0 Å². The predicted octanol–water partition coefficient (Wildman–Crippen LogP) is 7.78. The van der Waals surface area contributed by atoms with Crippen molar-refractivity contribution in [1.29, 1.82) is 0 Å². The fourth-order valence-electron chi connectivity index (χ4n) is 9.44. The van der Waals surface area contributed by atoms with E-state index in [1.165, 1.54) is 87.3 Å². The van der Waals surface area contributed by atoms with Gasteiger partial charge in [-0.25, -0.2) is 0 Å². The normalized spacial score (nSPS) is 13.5. The summed E-state index contributed by atoms with van der Waals surface area (Å²) >= 11 is -2.43. The molecular formula is C51H64Cl2Zr. The summed E-state index contributed by atoms with van der Waals surface area (Å²) in [5, 5.41) is 0. The number of unbranched alkanes of at least 4 members (excludes halogenated alkanes) is 2. The van der Waals surface area contributed by atoms with Crippen LogP contribution in [0.25, 0.3) is 11.1 Å². The standard InChI is InChI=1S/C37H41.C9H18.C5H5.2ClH.Zr/c1-5-13-30(21-28-15-9-7-10-16-28)34-24-36-32(19-26(34)3)23-33-20-27(4)35(25-37(33)36)31(14-6-2)22-29-17-11-8-12-18-29;1-3-5-7-9-8-6-4-2;1-2-4-5-3-1;;;/h7-12,15-19,24-25,30-31H,5-6,13-14,21-23H2,1-4H3;3-8H2,1-2H3;1-3H,4H2;2*1H;/q;;;;;+2/p-2. The minimum Gasteiger partial charge on any atom is -1.00 e. The topological polar surface area (TPSA) is 0 Å². The molecular weight excluding hydrogens is 775 g/mol. The van der Waals surface area contributed by atoms with E-state index in [2.05, 4.69) is 139 Å². The van der Waals surface area contributed by atoms with E-state index >= 15 is 0 Å². The van der Waals surface area contributed by atoms with E-state index in [9.17, 15) is 0 Å². The third-order valence-corrected chi connectivity index (χ3v) is 20.4. The molecule has 0 nitrogen and oxygen atoms in total. The Morgan fingerprint density at radius 1 is 0.667 bits per heavy atom. The van der Waals surface area contributed by atoms with Crippen LogP contribution in [0.1, 0.15) is 155 Å². The molecule has 286 valence electrons. The van der Waals surface area contributed by atoms with E-state index in [0.29, 0.717) is 11.8 Å². The smallest absolute Gasteiger partial charge is 1.00 e. The second-order valence-electron chi connectivity index (χ2n) is 15.9. The number of halogens is 2. The van der Waals surface area contributed by atoms with Gasteiger partial charge in [0.05, 0.1) is 0 Å². The van der Waals surface area contributed by atoms with Crippen molar-refractivity contribution in [3.8, 4) is 11.1 Å². The second-order valence-corrected chi connectivity index (χ2v) is 22.3. The Labute approximate surface area is 349 Å². The monoisotopic (exact) mass is 836 g/mol. The molecule has 4 aromatic carbocycles. The molecule has 0 radical (unpaired) electrons. The first-order valence-electron chi connectivity index (χ1n) is 20.9. The van der Waals surface area contributed by atoms with E-state index in [4.69, 9.17) is 0 Å². The predicted molar refractivity (Wildman–Crippen MR) is 225 cm³/mol. The van der Waals surface area contributed by atoms with Crippen LogP contribution in [0, 0.1) is 13.8 Å². The molecule has 0 saturated heterocycles. The molecule has 0 aliphatic heterocycles. The Kier molecular flexibility index (Phi) is 18.0. The maximum absolute atomic E-state index is 2.73. The van der Waals surface area contributed by atoms with E-state index in [1.54, 1.807) is 38.9 Å². The molecule has 2 aliphatic rings. The van der Waals surface area contributed by atoms with Gasteiger partial charge in [0.15, 0.2) is 0 Å². The summed E-state index contributed by atoms with van der Waals surface area (Å²) < 4.78 is 5.67. The van der Waals surface area contributed by atoms with E-state index in [0.717, 1.165) is 19.3 Å². The molecule has 2 aliphatic carbocycles. The van der Waals surface area contributed by atoms with Crippen LogP contribution in [0.15, 0.2) is 100 Å². The fraction of sp³-hybridized carbons (Fsp3) is 0.431. The fourth-order valence-corrected chi connectivity index (χ4v) is 18.3. The van der Waals surface area contributed by atoms with Crippen LogP contribution in [-0.2, 0) is 40.5 Å². The van der Waals surface area contributed by atoms with Crippen molar-refractivity contribution in [2.45, 2.75) is 143 Å². The van der Waals surface area contributed by atoms with Gasteiger partial charge in [0, 0.05) is 0 Å². The number of fused-ring (bicyclic) bond motifs is 3. The van der Waals surface area contributed by atoms with Crippen molar-refractivity contribution in [2.75, 3.05) is 0 Å². The SMILES string of the molecule is CCCC[C](CCCC)=[Zr+2]([C]1=CC=CC1)[c]1c(C)c(C(CCC)Cc2ccccc2)cc2c1Cc1cc(C)c(C(CCC)Cc3ccccc3)cc1-2.[Cl-].[Cl-]. The third kappa shape index (κ3) is 10.4. The van der Waals surface area contributed by atoms with Gasteiger partial charge in [-0.15, -0.1) is 0 Å². The molecule has 3 heteroatoms. The number of hydrogen-bond donors (Lipinski definition) is 0. The maximum Gasteiger partial charge on any atom is -1.00 e. The summed E-state index contributed by atoms with van der Waals surface area (Å²) in [5.41, 5.74) is 15.7. The zero-order chi connectivity index (χ0) is 36.5. The van der Waals surface area contributed by atoms with Crippen LogP contribution >= 0.6 is 0 Å². The van der Waals surface area contributed by atoms with Crippen molar-refractivity contribution < 1.29 is 46.1 Å². The van der Waals surface area contributed by atoms with Gasteiger partial charge in [-0.1, -0.05) is 0 Å². The van der Waals surface area contributed by atoms with E-state index in [1.807, 2.05) is 9.76 Å². The largest absolute Gasteiger partial charge is 1.00 e.